The van der Waals surface area contributed by atoms with Crippen molar-refractivity contribution >= 4 is 11.4 Å². The van der Waals surface area contributed by atoms with Crippen molar-refractivity contribution in [2.45, 2.75) is 32.0 Å². The van der Waals surface area contributed by atoms with Crippen molar-refractivity contribution in [3.63, 3.8) is 0 Å². The lowest BCUT2D eigenvalue weighted by molar-refractivity contribution is -0.00676. The van der Waals surface area contributed by atoms with Gasteiger partial charge in [-0.25, -0.2) is 0 Å². The van der Waals surface area contributed by atoms with Gasteiger partial charge in [0.25, 0.3) is 0 Å². The number of benzene rings is 2. The van der Waals surface area contributed by atoms with Crippen LogP contribution in [0.2, 0.25) is 0 Å². The maximum Gasteiger partial charge on any atom is 0.0627 e. The number of piperidine rings is 1. The maximum atomic E-state index is 10.9. The number of anilines is 2. The molecule has 146 valence electrons. The molecule has 1 heterocycles. The van der Waals surface area contributed by atoms with Gasteiger partial charge in [0.15, 0.2) is 0 Å². The lowest BCUT2D eigenvalue weighted by atomic mass is 9.75. The average Bonchev–Trinajstić information content (AvgIpc) is 2.66. The zero-order valence-corrected chi connectivity index (χ0v) is 17.3. The van der Waals surface area contributed by atoms with Gasteiger partial charge >= 0.3 is 0 Å². The first-order chi connectivity index (χ1) is 12.8. The van der Waals surface area contributed by atoms with Crippen LogP contribution in [0.1, 0.15) is 37.1 Å². The molecule has 1 unspecified atom stereocenters. The highest BCUT2D eigenvalue weighted by Gasteiger charge is 2.40. The Morgan fingerprint density at radius 3 is 1.30 bits per heavy atom. The molecule has 1 aliphatic rings. The van der Waals surface area contributed by atoms with E-state index in [1.54, 1.807) is 0 Å². The number of hydrogen-bond acceptors (Lipinski definition) is 4. The summed E-state index contributed by atoms with van der Waals surface area (Å²) in [6, 6.07) is 17.6. The molecule has 0 saturated carbocycles. The van der Waals surface area contributed by atoms with Crippen molar-refractivity contribution in [1.29, 1.82) is 0 Å². The van der Waals surface area contributed by atoms with Crippen LogP contribution in [0.15, 0.2) is 48.5 Å². The van der Waals surface area contributed by atoms with E-state index in [4.69, 9.17) is 0 Å². The molecule has 0 aliphatic carbocycles. The lowest BCUT2D eigenvalue weighted by Crippen LogP contribution is -2.48. The lowest BCUT2D eigenvalue weighted by Gasteiger charge is -2.44. The fraction of sp³-hybridized carbons (Fsp3) is 0.478. The minimum Gasteiger partial charge on any atom is -0.392 e. The van der Waals surface area contributed by atoms with E-state index >= 15 is 0 Å². The Bertz CT molecular complexity index is 676. The van der Waals surface area contributed by atoms with Crippen LogP contribution in [0, 0.1) is 11.8 Å². The van der Waals surface area contributed by atoms with E-state index in [1.165, 1.54) is 22.5 Å². The first kappa shape index (κ1) is 19.7. The molecule has 1 saturated heterocycles. The molecule has 0 bridgehead atoms. The Morgan fingerprint density at radius 2 is 1.00 bits per heavy atom. The molecule has 5 atom stereocenters. The molecule has 1 fully saturated rings. The maximum absolute atomic E-state index is 10.9. The molecular weight excluding hydrogens is 334 g/mol. The van der Waals surface area contributed by atoms with Crippen molar-refractivity contribution in [1.82, 2.24) is 5.32 Å². The summed E-state index contributed by atoms with van der Waals surface area (Å²) < 4.78 is 0. The molecule has 0 radical (unpaired) electrons. The monoisotopic (exact) mass is 367 g/mol. The van der Waals surface area contributed by atoms with Crippen LogP contribution < -0.4 is 15.1 Å². The molecular formula is C23H33N3O. The number of nitrogens with one attached hydrogen (secondary N) is 1. The normalized spacial score (nSPS) is 28.0. The van der Waals surface area contributed by atoms with Crippen LogP contribution >= 0.6 is 0 Å². The Balaban J connectivity index is 1.87. The van der Waals surface area contributed by atoms with Crippen molar-refractivity contribution in [2.24, 2.45) is 11.8 Å². The van der Waals surface area contributed by atoms with Crippen LogP contribution in [0.5, 0.6) is 0 Å². The number of rotatable bonds is 4. The molecule has 3 rings (SSSR count). The third kappa shape index (κ3) is 3.97. The van der Waals surface area contributed by atoms with Gasteiger partial charge in [-0.05, 0) is 35.4 Å². The van der Waals surface area contributed by atoms with Gasteiger partial charge in [0.2, 0.25) is 0 Å². The fourth-order valence-corrected chi connectivity index (χ4v) is 4.13. The molecule has 27 heavy (non-hydrogen) atoms. The van der Waals surface area contributed by atoms with E-state index in [-0.39, 0.29) is 30.0 Å². The fourth-order valence-electron chi connectivity index (χ4n) is 4.13. The van der Waals surface area contributed by atoms with Gasteiger partial charge in [-0.2, -0.15) is 0 Å². The van der Waals surface area contributed by atoms with Crippen molar-refractivity contribution in [3.05, 3.63) is 59.7 Å². The molecule has 2 aromatic carbocycles. The smallest absolute Gasteiger partial charge is 0.0627 e. The van der Waals surface area contributed by atoms with Gasteiger partial charge in [0.1, 0.15) is 0 Å². The minimum absolute atomic E-state index is 0.130. The molecule has 4 nitrogen and oxygen atoms in total. The SMILES string of the molecule is C[C@@H]1C(O)[C@H](C)[C@H](c2ccc(N(C)C)cc2)N[C@H]1c1ccc(N(C)C)cc1. The van der Waals surface area contributed by atoms with E-state index < -0.39 is 0 Å². The standard InChI is InChI=1S/C23H33N3O/c1-15-21(17-7-11-19(12-8-17)25(3)4)24-22(16(2)23(15)27)18-9-13-20(14-10-18)26(5)6/h7-16,21-24,27H,1-6H3/t15-,16+,21-,22-,23?/m1/s1. The number of aliphatic hydroxyl groups excluding tert-OH is 1. The first-order valence-corrected chi connectivity index (χ1v) is 9.78. The van der Waals surface area contributed by atoms with Crippen LogP contribution in [0.3, 0.4) is 0 Å². The number of hydrogen-bond donors (Lipinski definition) is 2. The zero-order valence-electron chi connectivity index (χ0n) is 17.3. The van der Waals surface area contributed by atoms with Gasteiger partial charge in [-0.15, -0.1) is 0 Å². The van der Waals surface area contributed by atoms with Crippen LogP contribution in [0.25, 0.3) is 0 Å². The van der Waals surface area contributed by atoms with E-state index in [0.29, 0.717) is 0 Å². The second-order valence-corrected chi connectivity index (χ2v) is 8.30. The molecule has 0 aromatic heterocycles. The quantitative estimate of drug-likeness (QED) is 0.861. The largest absolute Gasteiger partial charge is 0.392 e. The third-order valence-corrected chi connectivity index (χ3v) is 6.03. The Hall–Kier alpha value is -2.04. The summed E-state index contributed by atoms with van der Waals surface area (Å²) in [5.74, 6) is 0.310. The number of aliphatic hydroxyl groups is 1. The second kappa shape index (κ2) is 7.91. The highest BCUT2D eigenvalue weighted by atomic mass is 16.3. The third-order valence-electron chi connectivity index (χ3n) is 6.03. The summed E-state index contributed by atoms with van der Waals surface area (Å²) in [5.41, 5.74) is 4.84. The van der Waals surface area contributed by atoms with Gasteiger partial charge in [-0.1, -0.05) is 38.1 Å². The summed E-state index contributed by atoms with van der Waals surface area (Å²) in [6.07, 6.45) is -0.344. The Morgan fingerprint density at radius 1 is 0.667 bits per heavy atom. The van der Waals surface area contributed by atoms with Crippen LogP contribution in [-0.4, -0.2) is 39.4 Å². The first-order valence-electron chi connectivity index (χ1n) is 9.78. The van der Waals surface area contributed by atoms with Crippen molar-refractivity contribution in [2.75, 3.05) is 38.0 Å². The van der Waals surface area contributed by atoms with E-state index in [1.807, 2.05) is 0 Å². The summed E-state index contributed by atoms with van der Waals surface area (Å²) in [4.78, 5) is 4.21. The second-order valence-electron chi connectivity index (χ2n) is 8.30. The highest BCUT2D eigenvalue weighted by Crippen LogP contribution is 2.41. The van der Waals surface area contributed by atoms with E-state index in [2.05, 4.69) is 106 Å². The molecule has 0 spiro atoms. The van der Waals surface area contributed by atoms with Crippen molar-refractivity contribution in [3.8, 4) is 0 Å². The van der Waals surface area contributed by atoms with Crippen molar-refractivity contribution < 1.29 is 5.11 Å². The van der Waals surface area contributed by atoms with Crippen LogP contribution in [0.4, 0.5) is 11.4 Å². The Labute approximate surface area is 163 Å². The molecule has 4 heteroatoms. The van der Waals surface area contributed by atoms with Gasteiger partial charge in [-0.3, -0.25) is 0 Å². The minimum atomic E-state index is -0.344. The summed E-state index contributed by atoms with van der Waals surface area (Å²) in [7, 11) is 8.20. The molecule has 1 aliphatic heterocycles. The summed E-state index contributed by atoms with van der Waals surface area (Å²) >= 11 is 0. The zero-order chi connectivity index (χ0) is 19.7. The summed E-state index contributed by atoms with van der Waals surface area (Å²) in [5, 5.41) is 14.8. The van der Waals surface area contributed by atoms with Crippen LogP contribution in [-0.2, 0) is 0 Å². The molecule has 0 amide bonds. The van der Waals surface area contributed by atoms with E-state index in [9.17, 15) is 5.11 Å². The molecule has 2 aromatic rings. The van der Waals surface area contributed by atoms with Gasteiger partial charge in [0, 0.05) is 63.5 Å². The summed E-state index contributed by atoms with van der Waals surface area (Å²) in [6.45, 7) is 4.29. The Kier molecular flexibility index (Phi) is 5.78. The predicted octanol–water partition coefficient (Wildman–Crippen LogP) is 3.84. The number of nitrogens with zero attached hydrogens (tertiary/aromatic N) is 2. The topological polar surface area (TPSA) is 38.7 Å². The molecule has 2 N–H and O–H groups in total. The predicted molar refractivity (Wildman–Crippen MR) is 114 cm³/mol. The van der Waals surface area contributed by atoms with Gasteiger partial charge < -0.3 is 20.2 Å². The highest BCUT2D eigenvalue weighted by molar-refractivity contribution is 5.48. The van der Waals surface area contributed by atoms with Gasteiger partial charge in [0.05, 0.1) is 6.10 Å². The van der Waals surface area contributed by atoms with E-state index in [0.717, 1.165) is 0 Å². The average molecular weight is 368 g/mol.